The Morgan fingerprint density at radius 3 is 2.65 bits per heavy atom. The van der Waals surface area contributed by atoms with Gasteiger partial charge in [0.2, 0.25) is 0 Å². The number of ether oxygens (including phenoxy) is 2. The van der Waals surface area contributed by atoms with E-state index in [1.807, 2.05) is 13.8 Å². The normalized spacial score (nSPS) is 15.8. The maximum atomic E-state index is 12.9. The minimum absolute atomic E-state index is 0.0914. The molecule has 6 nitrogen and oxygen atoms in total. The van der Waals surface area contributed by atoms with Crippen LogP contribution in [0.25, 0.3) is 0 Å². The highest BCUT2D eigenvalue weighted by molar-refractivity contribution is 6.03. The van der Waals surface area contributed by atoms with Gasteiger partial charge in [0.05, 0.1) is 12.8 Å². The molecule has 0 saturated heterocycles. The molecule has 0 spiro atoms. The first-order valence-electron chi connectivity index (χ1n) is 7.88. The van der Waals surface area contributed by atoms with Crippen molar-refractivity contribution in [2.24, 2.45) is 0 Å². The van der Waals surface area contributed by atoms with Crippen LogP contribution in [0.4, 0.5) is 5.69 Å². The first kappa shape index (κ1) is 17.1. The lowest BCUT2D eigenvalue weighted by molar-refractivity contribution is -0.141. The maximum absolute atomic E-state index is 12.9. The molecule has 0 saturated carbocycles. The lowest BCUT2D eigenvalue weighted by atomic mass is 9.92. The van der Waals surface area contributed by atoms with Crippen LogP contribution in [0.2, 0.25) is 0 Å². The third-order valence-electron chi connectivity index (χ3n) is 4.31. The number of esters is 1. The van der Waals surface area contributed by atoms with Gasteiger partial charge in [0.15, 0.2) is 5.60 Å². The molecule has 6 heteroatoms. The van der Waals surface area contributed by atoms with Gasteiger partial charge in [-0.25, -0.2) is 0 Å². The van der Waals surface area contributed by atoms with Gasteiger partial charge in [0.1, 0.15) is 11.5 Å². The van der Waals surface area contributed by atoms with Crippen molar-refractivity contribution in [1.82, 2.24) is 0 Å². The molecule has 0 fully saturated rings. The zero-order valence-electron chi connectivity index (χ0n) is 13.8. The third kappa shape index (κ3) is 3.25. The minimum atomic E-state index is -0.925. The molecule has 1 aliphatic rings. The largest absolute Gasteiger partial charge is 0.508 e. The number of amides is 1. The SMILES string of the molecule is CCC1(CC)Oc2cc(O)ccc2N(CCCC(=O)OC)C1=O. The van der Waals surface area contributed by atoms with Crippen molar-refractivity contribution in [2.75, 3.05) is 18.6 Å². The summed E-state index contributed by atoms with van der Waals surface area (Å²) in [4.78, 5) is 25.9. The molecular weight excluding hydrogens is 298 g/mol. The van der Waals surface area contributed by atoms with E-state index in [0.717, 1.165) is 0 Å². The van der Waals surface area contributed by atoms with E-state index in [1.165, 1.54) is 19.2 Å². The molecule has 1 aliphatic heterocycles. The number of benzene rings is 1. The number of aromatic hydroxyl groups is 1. The molecule has 0 aromatic heterocycles. The fourth-order valence-electron chi connectivity index (χ4n) is 2.82. The van der Waals surface area contributed by atoms with E-state index in [1.54, 1.807) is 11.0 Å². The Kier molecular flexibility index (Phi) is 5.13. The molecule has 1 aromatic carbocycles. The summed E-state index contributed by atoms with van der Waals surface area (Å²) in [5, 5.41) is 9.69. The van der Waals surface area contributed by atoms with Gasteiger partial charge in [0.25, 0.3) is 5.91 Å². The number of phenolic OH excluding ortho intramolecular Hbond substituents is 1. The van der Waals surface area contributed by atoms with E-state index in [2.05, 4.69) is 4.74 Å². The Morgan fingerprint density at radius 1 is 1.35 bits per heavy atom. The topological polar surface area (TPSA) is 76.1 Å². The average Bonchev–Trinajstić information content (AvgIpc) is 2.56. The lowest BCUT2D eigenvalue weighted by Crippen LogP contribution is -2.55. The molecule has 23 heavy (non-hydrogen) atoms. The van der Waals surface area contributed by atoms with E-state index in [0.29, 0.717) is 37.2 Å². The summed E-state index contributed by atoms with van der Waals surface area (Å²) in [5.41, 5.74) is -0.304. The van der Waals surface area contributed by atoms with Crippen LogP contribution in [0.1, 0.15) is 39.5 Å². The summed E-state index contributed by atoms with van der Waals surface area (Å²) in [5.74, 6) is 0.180. The predicted octanol–water partition coefficient (Wildman–Crippen LogP) is 2.63. The van der Waals surface area contributed by atoms with Crippen LogP contribution >= 0.6 is 0 Å². The van der Waals surface area contributed by atoms with E-state index in [9.17, 15) is 14.7 Å². The van der Waals surface area contributed by atoms with E-state index in [-0.39, 0.29) is 24.0 Å². The molecule has 1 aromatic rings. The fraction of sp³-hybridized carbons (Fsp3) is 0.529. The van der Waals surface area contributed by atoms with Gasteiger partial charge in [-0.1, -0.05) is 13.8 Å². The van der Waals surface area contributed by atoms with Crippen LogP contribution in [-0.2, 0) is 14.3 Å². The first-order valence-corrected chi connectivity index (χ1v) is 7.88. The average molecular weight is 321 g/mol. The second-order valence-corrected chi connectivity index (χ2v) is 5.59. The van der Waals surface area contributed by atoms with Crippen LogP contribution < -0.4 is 9.64 Å². The number of carbonyl (C=O) groups excluding carboxylic acids is 2. The Balaban J connectivity index is 2.30. The summed E-state index contributed by atoms with van der Waals surface area (Å²) >= 11 is 0. The number of methoxy groups -OCH3 is 1. The van der Waals surface area contributed by atoms with Crippen LogP contribution in [0.15, 0.2) is 18.2 Å². The second kappa shape index (κ2) is 6.89. The Labute approximate surface area is 136 Å². The molecule has 1 heterocycles. The van der Waals surface area contributed by atoms with Gasteiger partial charge in [-0.15, -0.1) is 0 Å². The highest BCUT2D eigenvalue weighted by Gasteiger charge is 2.45. The first-order chi connectivity index (χ1) is 11.0. The zero-order valence-corrected chi connectivity index (χ0v) is 13.8. The summed E-state index contributed by atoms with van der Waals surface area (Å²) < 4.78 is 10.6. The lowest BCUT2D eigenvalue weighted by Gasteiger charge is -2.42. The molecule has 2 rings (SSSR count). The van der Waals surface area contributed by atoms with Crippen LogP contribution in [-0.4, -0.2) is 36.2 Å². The van der Waals surface area contributed by atoms with Crippen LogP contribution in [0.5, 0.6) is 11.5 Å². The number of carbonyl (C=O) groups is 2. The van der Waals surface area contributed by atoms with E-state index in [4.69, 9.17) is 4.74 Å². The summed E-state index contributed by atoms with van der Waals surface area (Å²) in [6, 6.07) is 4.71. The Bertz CT molecular complexity index is 595. The smallest absolute Gasteiger partial charge is 0.305 e. The third-order valence-corrected chi connectivity index (χ3v) is 4.31. The van der Waals surface area contributed by atoms with Crippen molar-refractivity contribution >= 4 is 17.6 Å². The monoisotopic (exact) mass is 321 g/mol. The second-order valence-electron chi connectivity index (χ2n) is 5.59. The predicted molar refractivity (Wildman–Crippen MR) is 85.7 cm³/mol. The molecule has 0 radical (unpaired) electrons. The van der Waals surface area contributed by atoms with Crippen LogP contribution in [0.3, 0.4) is 0 Å². The van der Waals surface area contributed by atoms with Crippen molar-refractivity contribution < 1.29 is 24.2 Å². The summed E-state index contributed by atoms with van der Waals surface area (Å²) in [6.45, 7) is 4.21. The summed E-state index contributed by atoms with van der Waals surface area (Å²) in [6.07, 6.45) is 1.82. The van der Waals surface area contributed by atoms with Gasteiger partial charge >= 0.3 is 5.97 Å². The molecule has 126 valence electrons. The van der Waals surface area contributed by atoms with Gasteiger partial charge in [-0.3, -0.25) is 9.59 Å². The molecule has 0 aliphatic carbocycles. The van der Waals surface area contributed by atoms with Crippen molar-refractivity contribution in [2.45, 2.75) is 45.1 Å². The molecular formula is C17H23NO5. The molecule has 1 amide bonds. The number of rotatable bonds is 6. The van der Waals surface area contributed by atoms with Crippen molar-refractivity contribution in [3.8, 4) is 11.5 Å². The van der Waals surface area contributed by atoms with Gasteiger partial charge in [-0.05, 0) is 31.4 Å². The van der Waals surface area contributed by atoms with Gasteiger partial charge in [0, 0.05) is 19.0 Å². The highest BCUT2D eigenvalue weighted by Crippen LogP contribution is 2.42. The van der Waals surface area contributed by atoms with Gasteiger partial charge in [-0.2, -0.15) is 0 Å². The number of hydrogen-bond donors (Lipinski definition) is 1. The standard InChI is InChI=1S/C17H23NO5/c1-4-17(5-2)16(21)18(10-6-7-15(20)22-3)13-9-8-12(19)11-14(13)23-17/h8-9,11,19H,4-7,10H2,1-3H3. The fourth-order valence-corrected chi connectivity index (χ4v) is 2.82. The minimum Gasteiger partial charge on any atom is -0.508 e. The number of nitrogens with zero attached hydrogens (tertiary/aromatic N) is 1. The van der Waals surface area contributed by atoms with Crippen molar-refractivity contribution in [3.63, 3.8) is 0 Å². The van der Waals surface area contributed by atoms with Crippen molar-refractivity contribution in [3.05, 3.63) is 18.2 Å². The maximum Gasteiger partial charge on any atom is 0.305 e. The molecule has 0 atom stereocenters. The zero-order chi connectivity index (χ0) is 17.0. The Morgan fingerprint density at radius 2 is 2.04 bits per heavy atom. The molecule has 0 unspecified atom stereocenters. The quantitative estimate of drug-likeness (QED) is 0.815. The van der Waals surface area contributed by atoms with E-state index < -0.39 is 5.60 Å². The van der Waals surface area contributed by atoms with Gasteiger partial charge < -0.3 is 19.5 Å². The number of hydrogen-bond acceptors (Lipinski definition) is 5. The number of fused-ring (bicyclic) bond motifs is 1. The summed E-state index contributed by atoms with van der Waals surface area (Å²) in [7, 11) is 1.35. The highest BCUT2D eigenvalue weighted by atomic mass is 16.5. The van der Waals surface area contributed by atoms with Crippen LogP contribution in [0, 0.1) is 0 Å². The number of anilines is 1. The van der Waals surface area contributed by atoms with Crippen molar-refractivity contribution in [1.29, 1.82) is 0 Å². The van der Waals surface area contributed by atoms with E-state index >= 15 is 0 Å². The molecule has 0 bridgehead atoms. The number of phenols is 1. The Hall–Kier alpha value is -2.24. The molecule has 1 N–H and O–H groups in total.